The summed E-state index contributed by atoms with van der Waals surface area (Å²) < 4.78 is 75.6. The molecular formula is C79H84N16O12S3. The van der Waals surface area contributed by atoms with Crippen molar-refractivity contribution in [2.75, 3.05) is 66.7 Å². The first-order chi connectivity index (χ1) is 52.0. The lowest BCUT2D eigenvalue weighted by Crippen LogP contribution is -2.28. The first kappa shape index (κ1) is 87.5. The number of nitrogens with two attached hydrogens (primary N) is 2. The lowest BCUT2D eigenvalue weighted by molar-refractivity contribution is -0.402. The molecule has 12 rings (SSSR count). The molecule has 31 heteroatoms. The fraction of sp³-hybridized carbons (Fsp3) is 0.165. The molecule has 0 atom stereocenters. The Hall–Kier alpha value is -13.2. The second-order valence-electron chi connectivity index (χ2n) is 23.2. The number of nitrogen functional groups attached to an aromatic ring is 2. The van der Waals surface area contributed by atoms with Crippen molar-refractivity contribution in [1.82, 2.24) is 4.90 Å². The van der Waals surface area contributed by atoms with Crippen LogP contribution in [0.4, 0.5) is 62.6 Å². The molecular weight excluding hydrogens is 1460 g/mol. The normalized spacial score (nSPS) is 10.8. The van der Waals surface area contributed by atoms with Crippen molar-refractivity contribution in [3.8, 4) is 0 Å². The number of nitrogens with one attached hydrogen (secondary N) is 3. The number of fused-ring (bicyclic) bond motifs is 3. The largest absolute Gasteiger partial charge is 0.444 e. The van der Waals surface area contributed by atoms with Crippen molar-refractivity contribution >= 4 is 124 Å². The third-order valence-electron chi connectivity index (χ3n) is 16.1. The number of benzene rings is 12. The van der Waals surface area contributed by atoms with Crippen LogP contribution in [0.3, 0.4) is 0 Å². The van der Waals surface area contributed by atoms with Crippen molar-refractivity contribution in [3.05, 3.63) is 296 Å². The van der Waals surface area contributed by atoms with Gasteiger partial charge in [-0.05, 0) is 183 Å². The number of likely N-dealkylation sites (N-methyl/N-ethyl adjacent to an activating group) is 1. The van der Waals surface area contributed by atoms with E-state index in [1.807, 2.05) is 60.7 Å². The summed E-state index contributed by atoms with van der Waals surface area (Å²) in [5, 5.41) is 75.8. The van der Waals surface area contributed by atoms with Crippen LogP contribution in [0.5, 0.6) is 0 Å². The Balaban J connectivity index is 0.000000284. The van der Waals surface area contributed by atoms with Crippen LogP contribution in [0.25, 0.3) is 42.3 Å². The average molecular weight is 1550 g/mol. The summed E-state index contributed by atoms with van der Waals surface area (Å²) in [6.07, 6.45) is 2.06. The zero-order chi connectivity index (χ0) is 78.1. The Morgan fingerprint density at radius 3 is 1.04 bits per heavy atom. The van der Waals surface area contributed by atoms with E-state index in [1.54, 1.807) is 72.8 Å². The van der Waals surface area contributed by atoms with E-state index in [0.29, 0.717) is 22.7 Å². The highest BCUT2D eigenvalue weighted by Crippen LogP contribution is 2.36. The highest BCUT2D eigenvalue weighted by molar-refractivity contribution is 7.92. The maximum atomic E-state index is 13.4. The van der Waals surface area contributed by atoms with Crippen LogP contribution in [0.15, 0.2) is 316 Å². The Morgan fingerprint density at radius 1 is 0.409 bits per heavy atom. The van der Waals surface area contributed by atoms with Gasteiger partial charge in [0.2, 0.25) is 40.3 Å². The molecule has 0 amide bonds. The molecule has 0 unspecified atom stereocenters. The standard InChI is InChI=1S/C38H36N6O2S.C16H22N2.C12H8N4O2S.C12H12N2O2S.CH4.NO3.HNO2.H2O/c1-3-25-39-35-21-23-37(33-11-7-5-9-31(33)35)43-41-27-13-17-29(18-14-27)47(45,46)30-19-15-28(16-20-30)42-44-38-24-22-36(40-26-4-2)32-10-6-8-12-34(32)38;1-3-18(4-2)13-12-17-16-11-7-9-14-8-5-6-10-15(14)16;13-15-9-1-5-11(6-2-9)19(17,18)12-7-3-10(16-14)4-8-12;13-9-1-5-11(6-2-9)17(15,16)12-7-3-10(14)4-8-12;;2-1(3)4;2-1-3;/h5-24,39-40H,3-4,25-26H2,1-2H3;5-11,17H,3-4,12-13H2,1-2H3;1-8H;1-8H,13-14H2;1H4;;(H,2,3);1H2/q;;+2;;;-1;;/p-1. The van der Waals surface area contributed by atoms with Crippen molar-refractivity contribution in [3.63, 3.8) is 0 Å². The van der Waals surface area contributed by atoms with Gasteiger partial charge in [-0.1, -0.05) is 120 Å². The summed E-state index contributed by atoms with van der Waals surface area (Å²) in [6, 6.07) is 75.0. The van der Waals surface area contributed by atoms with Gasteiger partial charge < -0.3 is 63.2 Å². The fourth-order valence-electron chi connectivity index (χ4n) is 10.5. The molecule has 12 aromatic rings. The number of diazo groups is 2. The molecule has 0 saturated heterocycles. The van der Waals surface area contributed by atoms with E-state index in [9.17, 15) is 25.3 Å². The fourth-order valence-corrected chi connectivity index (χ4v) is 14.3. The maximum Gasteiger partial charge on any atom is 0.385 e. The van der Waals surface area contributed by atoms with Gasteiger partial charge in [-0.3, -0.25) is 0 Å². The molecule has 0 bridgehead atoms. The summed E-state index contributed by atoms with van der Waals surface area (Å²) in [6.45, 7) is 14.8. The maximum absolute atomic E-state index is 13.4. The van der Waals surface area contributed by atoms with Crippen LogP contribution >= 0.6 is 0 Å². The van der Waals surface area contributed by atoms with Crippen LogP contribution in [0, 0.1) is 36.2 Å². The highest BCUT2D eigenvalue weighted by Gasteiger charge is 2.22. The van der Waals surface area contributed by atoms with E-state index in [4.69, 9.17) is 47.7 Å². The minimum atomic E-state index is -3.75. The van der Waals surface area contributed by atoms with Gasteiger partial charge in [0, 0.05) is 106 Å². The summed E-state index contributed by atoms with van der Waals surface area (Å²) in [4.78, 5) is 25.6. The van der Waals surface area contributed by atoms with E-state index >= 15 is 0 Å². The first-order valence-electron chi connectivity index (χ1n) is 33.7. The molecule has 12 aromatic carbocycles. The van der Waals surface area contributed by atoms with Gasteiger partial charge in [0.05, 0.1) is 57.2 Å². The first-order valence-corrected chi connectivity index (χ1v) is 38.1. The van der Waals surface area contributed by atoms with Gasteiger partial charge in [-0.2, -0.15) is 10.2 Å². The molecule has 28 nitrogen and oxygen atoms in total. The third-order valence-corrected chi connectivity index (χ3v) is 21.5. The van der Waals surface area contributed by atoms with Crippen LogP contribution in [0.1, 0.15) is 48.0 Å². The number of anilines is 5. The SMILES string of the molecule is C.CCCNc1ccc(N=Nc2ccc(S(=O)(=O)c3ccc(N=Nc4ccc(NCCC)c5ccccc45)cc3)cc2)c2ccccc12.CCN(CC)CCNc1cccc2ccccc12.N#[N+]c1ccc(S(=O)(=O)c2ccc([N+]#N)cc2)cc1.Nc1ccc(S(=O)(=O)c2ccc(N)cc2)cc1.O.O=N[O-].O=[N+]([O-])[O-]. The van der Waals surface area contributed by atoms with Crippen molar-refractivity contribution in [2.24, 2.45) is 25.8 Å². The zero-order valence-corrected chi connectivity index (χ0v) is 62.2. The summed E-state index contributed by atoms with van der Waals surface area (Å²) in [5.41, 5.74) is 18.6. The molecule has 0 aliphatic carbocycles. The highest BCUT2D eigenvalue weighted by atomic mass is 32.2. The van der Waals surface area contributed by atoms with E-state index < -0.39 is 34.6 Å². The Bertz CT molecular complexity index is 5210. The van der Waals surface area contributed by atoms with Crippen LogP contribution in [0.2, 0.25) is 0 Å². The number of hydrogen-bond acceptors (Lipinski definition) is 24. The number of hydrogen-bond donors (Lipinski definition) is 5. The van der Waals surface area contributed by atoms with Gasteiger partial charge in [-0.25, -0.2) is 25.3 Å². The van der Waals surface area contributed by atoms with Gasteiger partial charge in [0.15, 0.2) is 9.95 Å². The summed E-state index contributed by atoms with van der Waals surface area (Å²) in [7, 11) is -10.9. The van der Waals surface area contributed by atoms with Crippen molar-refractivity contribution in [1.29, 1.82) is 10.8 Å². The predicted octanol–water partition coefficient (Wildman–Crippen LogP) is 19.9. The lowest BCUT2D eigenvalue weighted by atomic mass is 10.1. The second kappa shape index (κ2) is 43.5. The number of rotatable bonds is 22. The minimum Gasteiger partial charge on any atom is -0.444 e. The Morgan fingerprint density at radius 2 is 0.700 bits per heavy atom. The zero-order valence-electron chi connectivity index (χ0n) is 59.8. The van der Waals surface area contributed by atoms with E-state index in [2.05, 4.69) is 134 Å². The molecule has 0 aliphatic heterocycles. The molecule has 0 aliphatic rings. The summed E-state index contributed by atoms with van der Waals surface area (Å²) >= 11 is 0. The molecule has 0 fully saturated rings. The second-order valence-corrected chi connectivity index (χ2v) is 29.1. The van der Waals surface area contributed by atoms with Gasteiger partial charge >= 0.3 is 11.4 Å². The van der Waals surface area contributed by atoms with Gasteiger partial charge in [0.1, 0.15) is 0 Å². The summed E-state index contributed by atoms with van der Waals surface area (Å²) in [5.74, 6) is 0. The van der Waals surface area contributed by atoms with Crippen molar-refractivity contribution in [2.45, 2.75) is 77.3 Å². The van der Waals surface area contributed by atoms with Crippen molar-refractivity contribution < 1.29 is 35.8 Å². The smallest absolute Gasteiger partial charge is 0.385 e. The topological polar surface area (TPSA) is 450 Å². The molecule has 0 radical (unpaired) electrons. The molecule has 110 heavy (non-hydrogen) atoms. The number of sulfone groups is 3. The molecule has 0 heterocycles. The monoisotopic (exact) mass is 1540 g/mol. The Labute approximate surface area is 638 Å². The molecule has 9 N–H and O–H groups in total. The van der Waals surface area contributed by atoms with Gasteiger partial charge in [0.25, 0.3) is 0 Å². The third kappa shape index (κ3) is 24.7. The van der Waals surface area contributed by atoms with E-state index in [0.717, 1.165) is 102 Å². The van der Waals surface area contributed by atoms with Crippen LogP contribution < -0.4 is 27.4 Å². The molecule has 0 aromatic heterocycles. The lowest BCUT2D eigenvalue weighted by Gasteiger charge is -2.19. The Kier molecular flexibility index (Phi) is 34.5. The van der Waals surface area contributed by atoms with E-state index in [1.165, 1.54) is 89.3 Å². The quantitative estimate of drug-likeness (QED) is 0.0105. The molecule has 0 spiro atoms. The van der Waals surface area contributed by atoms with E-state index in [-0.39, 0.29) is 53.7 Å². The molecule has 570 valence electrons. The number of nitrogens with zero attached hydrogens (tertiary/aromatic N) is 11. The molecule has 0 saturated carbocycles. The number of azo groups is 2. The minimum absolute atomic E-state index is 0. The van der Waals surface area contributed by atoms with Crippen LogP contribution in [-0.2, 0) is 29.5 Å². The average Bonchev–Trinajstić information content (AvgIpc) is 0.819. The van der Waals surface area contributed by atoms with Crippen LogP contribution in [-0.4, -0.2) is 80.0 Å². The van der Waals surface area contributed by atoms with Gasteiger partial charge in [-0.15, -0.1) is 15.6 Å². The predicted molar refractivity (Wildman–Crippen MR) is 437 cm³/mol.